The maximum absolute atomic E-state index is 13.9. The second kappa shape index (κ2) is 9.98. The van der Waals surface area contributed by atoms with Crippen molar-refractivity contribution >= 4 is 39.2 Å². The fourth-order valence-corrected chi connectivity index (χ4v) is 7.17. The summed E-state index contributed by atoms with van der Waals surface area (Å²) in [7, 11) is 3.45. The van der Waals surface area contributed by atoms with Crippen LogP contribution in [0.5, 0.6) is 5.75 Å². The molecule has 1 unspecified atom stereocenters. The molecule has 0 spiro atoms. The molecule has 1 fully saturated rings. The van der Waals surface area contributed by atoms with Crippen LogP contribution in [0.4, 0.5) is 0 Å². The molecule has 1 atom stereocenters. The summed E-state index contributed by atoms with van der Waals surface area (Å²) in [6.45, 7) is 6.73. The normalized spacial score (nSPS) is 18.5. The lowest BCUT2D eigenvalue weighted by Crippen LogP contribution is -2.42. The molecule has 0 bridgehead atoms. The Morgan fingerprint density at radius 2 is 1.97 bits per heavy atom. The topological polar surface area (TPSA) is 118 Å². The van der Waals surface area contributed by atoms with Gasteiger partial charge in [-0.2, -0.15) is 5.26 Å². The molecule has 10 heteroatoms. The summed E-state index contributed by atoms with van der Waals surface area (Å²) in [6.07, 6.45) is 0. The van der Waals surface area contributed by atoms with E-state index < -0.39 is 28.0 Å². The van der Waals surface area contributed by atoms with Crippen LogP contribution in [0.25, 0.3) is 10.9 Å². The van der Waals surface area contributed by atoms with Crippen LogP contribution in [-0.4, -0.2) is 80.9 Å². The van der Waals surface area contributed by atoms with E-state index in [-0.39, 0.29) is 5.78 Å². The SMILES string of the molecule is CN(C)[S+]([O-])c1cc2c(cc1OCCN1CC[S+]([O-])CC1)C(C)(C)c1[nH]c3cc(C#N)ccc3c1C2=O. The van der Waals surface area contributed by atoms with Crippen molar-refractivity contribution in [3.05, 3.63) is 58.3 Å². The lowest BCUT2D eigenvalue weighted by Gasteiger charge is -2.33. The van der Waals surface area contributed by atoms with Crippen molar-refractivity contribution in [3.8, 4) is 11.8 Å². The Balaban J connectivity index is 1.54. The molecule has 194 valence electrons. The van der Waals surface area contributed by atoms with Crippen LogP contribution in [0.15, 0.2) is 35.2 Å². The molecule has 0 radical (unpaired) electrons. The first-order valence-electron chi connectivity index (χ1n) is 12.2. The van der Waals surface area contributed by atoms with Crippen molar-refractivity contribution < 1.29 is 18.6 Å². The zero-order valence-corrected chi connectivity index (χ0v) is 23.1. The minimum absolute atomic E-state index is 0.134. The number of nitrogens with one attached hydrogen (secondary N) is 1. The number of carbonyl (C=O) groups is 1. The number of nitrogens with zero attached hydrogens (tertiary/aromatic N) is 3. The zero-order chi connectivity index (χ0) is 26.5. The van der Waals surface area contributed by atoms with Crippen LogP contribution < -0.4 is 4.74 Å². The molecular formula is C27H30N4O4S2. The van der Waals surface area contributed by atoms with E-state index in [1.165, 1.54) is 0 Å². The highest BCUT2D eigenvalue weighted by molar-refractivity contribution is 7.91. The number of fused-ring (bicyclic) bond motifs is 4. The van der Waals surface area contributed by atoms with Crippen LogP contribution in [-0.2, 0) is 28.0 Å². The number of hydrogen-bond acceptors (Lipinski definition) is 7. The monoisotopic (exact) mass is 538 g/mol. The molecule has 1 aromatic heterocycles. The van der Waals surface area contributed by atoms with Gasteiger partial charge in [-0.3, -0.25) is 9.69 Å². The van der Waals surface area contributed by atoms with Gasteiger partial charge in [-0.05, 0) is 23.8 Å². The number of hydrogen-bond donors (Lipinski definition) is 1. The highest BCUT2D eigenvalue weighted by Gasteiger charge is 2.42. The van der Waals surface area contributed by atoms with E-state index in [2.05, 4.69) is 29.8 Å². The lowest BCUT2D eigenvalue weighted by molar-refractivity contribution is 0.103. The predicted molar refractivity (Wildman–Crippen MR) is 145 cm³/mol. The molecule has 3 aromatic rings. The van der Waals surface area contributed by atoms with Gasteiger partial charge < -0.3 is 18.8 Å². The van der Waals surface area contributed by atoms with Crippen molar-refractivity contribution in [1.82, 2.24) is 14.2 Å². The number of H-pyrrole nitrogens is 1. The van der Waals surface area contributed by atoms with Crippen molar-refractivity contribution in [3.63, 3.8) is 0 Å². The van der Waals surface area contributed by atoms with Gasteiger partial charge in [0.25, 0.3) is 0 Å². The fraction of sp³-hybridized carbons (Fsp3) is 0.407. The van der Waals surface area contributed by atoms with E-state index in [0.29, 0.717) is 52.0 Å². The van der Waals surface area contributed by atoms with Gasteiger partial charge in [-0.15, -0.1) is 4.31 Å². The Kier molecular flexibility index (Phi) is 7.04. The first kappa shape index (κ1) is 26.1. The maximum Gasteiger partial charge on any atom is 0.216 e. The average Bonchev–Trinajstić information content (AvgIpc) is 3.28. The average molecular weight is 539 g/mol. The predicted octanol–water partition coefficient (Wildman–Crippen LogP) is 2.94. The number of ketones is 1. The summed E-state index contributed by atoms with van der Waals surface area (Å²) in [5, 5.41) is 10.1. The zero-order valence-electron chi connectivity index (χ0n) is 21.4. The summed E-state index contributed by atoms with van der Waals surface area (Å²) >= 11 is -2.26. The number of benzene rings is 2. The van der Waals surface area contributed by atoms with E-state index in [1.54, 1.807) is 36.6 Å². The largest absolute Gasteiger partial charge is 0.616 e. The Hall–Kier alpha value is -2.52. The van der Waals surface area contributed by atoms with E-state index in [4.69, 9.17) is 4.74 Å². The minimum atomic E-state index is -1.52. The van der Waals surface area contributed by atoms with Gasteiger partial charge in [0.1, 0.15) is 18.1 Å². The highest BCUT2D eigenvalue weighted by atomic mass is 32.2. The van der Waals surface area contributed by atoms with E-state index >= 15 is 0 Å². The molecule has 1 aliphatic carbocycles. The second-order valence-corrected chi connectivity index (χ2v) is 13.5. The molecule has 37 heavy (non-hydrogen) atoms. The second-order valence-electron chi connectivity index (χ2n) is 10.1. The summed E-state index contributed by atoms with van der Waals surface area (Å²) in [5.74, 6) is 1.71. The molecule has 8 nitrogen and oxygen atoms in total. The Bertz CT molecular complexity index is 1400. The first-order valence-corrected chi connectivity index (χ1v) is 14.8. The fourth-order valence-electron chi connectivity index (χ4n) is 5.14. The summed E-state index contributed by atoms with van der Waals surface area (Å²) in [5.41, 5.74) is 3.41. The molecule has 1 saturated heterocycles. The minimum Gasteiger partial charge on any atom is -0.616 e. The van der Waals surface area contributed by atoms with E-state index in [0.717, 1.165) is 35.2 Å². The van der Waals surface area contributed by atoms with Gasteiger partial charge in [0, 0.05) is 67.4 Å². The van der Waals surface area contributed by atoms with Crippen molar-refractivity contribution in [2.45, 2.75) is 24.2 Å². The molecule has 0 amide bonds. The third kappa shape index (κ3) is 4.65. The number of aromatic amines is 1. The van der Waals surface area contributed by atoms with Gasteiger partial charge in [0.15, 0.2) is 11.5 Å². The third-order valence-electron chi connectivity index (χ3n) is 7.24. The molecule has 1 N–H and O–H groups in total. The summed E-state index contributed by atoms with van der Waals surface area (Å²) < 4.78 is 32.7. The number of rotatable bonds is 6. The van der Waals surface area contributed by atoms with Gasteiger partial charge in [-0.25, -0.2) is 0 Å². The van der Waals surface area contributed by atoms with Crippen LogP contribution in [0.2, 0.25) is 0 Å². The lowest BCUT2D eigenvalue weighted by atomic mass is 9.71. The smallest absolute Gasteiger partial charge is 0.216 e. The van der Waals surface area contributed by atoms with Crippen molar-refractivity contribution in [2.75, 3.05) is 51.8 Å². The standard InChI is InChI=1S/C27H30N4O4S2/c1-27(2)20-15-22(35-10-7-31-8-11-36(33)12-9-31)23(37(34)30(3)4)14-19(20)25(32)24-18-6-5-17(16-28)13-21(18)29-26(24)27/h5-6,13-15,29H,7-12H2,1-4H3. The molecule has 1 aliphatic heterocycles. The molecule has 0 saturated carbocycles. The highest BCUT2D eigenvalue weighted by Crippen LogP contribution is 2.46. The van der Waals surface area contributed by atoms with Gasteiger partial charge in [0.05, 0.1) is 28.6 Å². The summed E-state index contributed by atoms with van der Waals surface area (Å²) in [4.78, 5) is 19.9. The molecule has 2 heterocycles. The van der Waals surface area contributed by atoms with Crippen LogP contribution in [0, 0.1) is 11.3 Å². The number of nitriles is 1. The van der Waals surface area contributed by atoms with E-state index in [1.807, 2.05) is 12.1 Å². The van der Waals surface area contributed by atoms with E-state index in [9.17, 15) is 19.2 Å². The molecule has 5 rings (SSSR count). The van der Waals surface area contributed by atoms with Gasteiger partial charge in [-0.1, -0.05) is 31.1 Å². The third-order valence-corrected chi connectivity index (χ3v) is 9.87. The maximum atomic E-state index is 13.9. The molecular weight excluding hydrogens is 508 g/mol. The van der Waals surface area contributed by atoms with Crippen LogP contribution in [0.1, 0.15) is 46.6 Å². The Labute approximate surface area is 223 Å². The Morgan fingerprint density at radius 3 is 2.65 bits per heavy atom. The van der Waals surface area contributed by atoms with Crippen molar-refractivity contribution in [2.24, 2.45) is 0 Å². The van der Waals surface area contributed by atoms with Crippen molar-refractivity contribution in [1.29, 1.82) is 5.26 Å². The first-order chi connectivity index (χ1) is 17.6. The molecule has 2 aliphatic rings. The van der Waals surface area contributed by atoms with Gasteiger partial charge in [0.2, 0.25) is 4.90 Å². The molecule has 2 aromatic carbocycles. The van der Waals surface area contributed by atoms with Crippen LogP contribution >= 0.6 is 0 Å². The number of ether oxygens (including phenoxy) is 1. The number of aromatic nitrogens is 1. The summed E-state index contributed by atoms with van der Waals surface area (Å²) in [6, 6.07) is 11.0. The number of carbonyl (C=O) groups excluding carboxylic acids is 1. The Morgan fingerprint density at radius 1 is 1.24 bits per heavy atom. The van der Waals surface area contributed by atoms with Crippen LogP contribution in [0.3, 0.4) is 0 Å². The van der Waals surface area contributed by atoms with Gasteiger partial charge >= 0.3 is 0 Å². The quantitative estimate of drug-likeness (QED) is 0.480.